The van der Waals surface area contributed by atoms with E-state index < -0.39 is 0 Å². The predicted octanol–water partition coefficient (Wildman–Crippen LogP) is 2.71. The highest BCUT2D eigenvalue weighted by Crippen LogP contribution is 2.22. The molecule has 1 amide bonds. The summed E-state index contributed by atoms with van der Waals surface area (Å²) in [4.78, 5) is 11.4. The molecule has 0 heterocycles. The van der Waals surface area contributed by atoms with Crippen molar-refractivity contribution in [2.24, 2.45) is 5.41 Å². The van der Waals surface area contributed by atoms with Crippen LogP contribution in [-0.2, 0) is 4.79 Å². The molecule has 0 atom stereocenters. The van der Waals surface area contributed by atoms with E-state index >= 15 is 0 Å². The maximum absolute atomic E-state index is 11.4. The molecule has 0 spiro atoms. The minimum atomic E-state index is 0.108. The highest BCUT2D eigenvalue weighted by molar-refractivity contribution is 5.77. The van der Waals surface area contributed by atoms with Gasteiger partial charge in [0.2, 0.25) is 5.91 Å². The molecule has 0 saturated heterocycles. The first-order valence-corrected chi connectivity index (χ1v) is 6.99. The lowest BCUT2D eigenvalue weighted by atomic mass is 9.87. The van der Waals surface area contributed by atoms with Gasteiger partial charge in [-0.2, -0.15) is 0 Å². The van der Waals surface area contributed by atoms with Crippen LogP contribution < -0.4 is 10.6 Å². The lowest BCUT2D eigenvalue weighted by Gasteiger charge is -2.24. The van der Waals surface area contributed by atoms with Crippen LogP contribution in [-0.4, -0.2) is 25.5 Å². The minimum absolute atomic E-state index is 0.108. The topological polar surface area (TPSA) is 41.1 Å². The van der Waals surface area contributed by atoms with Crippen molar-refractivity contribution < 1.29 is 4.79 Å². The van der Waals surface area contributed by atoms with Gasteiger partial charge >= 0.3 is 0 Å². The predicted molar refractivity (Wildman–Crippen MR) is 74.1 cm³/mol. The van der Waals surface area contributed by atoms with Crippen molar-refractivity contribution in [2.75, 3.05) is 19.6 Å². The second kappa shape index (κ2) is 9.46. The summed E-state index contributed by atoms with van der Waals surface area (Å²) in [5, 5.41) is 6.12. The van der Waals surface area contributed by atoms with E-state index in [4.69, 9.17) is 0 Å². The molecule has 0 aromatic heterocycles. The fourth-order valence-corrected chi connectivity index (χ4v) is 1.78. The quantitative estimate of drug-likeness (QED) is 0.578. The fraction of sp³-hybridized carbons (Fsp3) is 0.929. The molecule has 0 aromatic carbocycles. The summed E-state index contributed by atoms with van der Waals surface area (Å²) >= 11 is 0. The van der Waals surface area contributed by atoms with Crippen molar-refractivity contribution in [1.29, 1.82) is 0 Å². The van der Waals surface area contributed by atoms with Gasteiger partial charge in [0.1, 0.15) is 0 Å². The van der Waals surface area contributed by atoms with Crippen LogP contribution in [0.1, 0.15) is 59.8 Å². The molecular formula is C14H30N2O. The lowest BCUT2D eigenvalue weighted by molar-refractivity contribution is -0.120. The summed E-state index contributed by atoms with van der Waals surface area (Å²) in [5.74, 6) is 0.108. The van der Waals surface area contributed by atoms with E-state index in [9.17, 15) is 4.79 Å². The van der Waals surface area contributed by atoms with E-state index in [-0.39, 0.29) is 5.91 Å². The van der Waals surface area contributed by atoms with Crippen molar-refractivity contribution in [2.45, 2.75) is 59.8 Å². The van der Waals surface area contributed by atoms with Crippen molar-refractivity contribution in [3.63, 3.8) is 0 Å². The Labute approximate surface area is 107 Å². The smallest absolute Gasteiger partial charge is 0.233 e. The number of carbonyl (C=O) groups is 1. The number of amides is 1. The molecule has 0 aromatic rings. The Morgan fingerprint density at radius 3 is 2.41 bits per heavy atom. The largest absolute Gasteiger partial charge is 0.355 e. The molecule has 3 nitrogen and oxygen atoms in total. The third-order valence-corrected chi connectivity index (χ3v) is 2.92. The molecule has 0 aliphatic carbocycles. The molecule has 0 fully saturated rings. The molecule has 2 N–H and O–H groups in total. The Morgan fingerprint density at radius 2 is 1.82 bits per heavy atom. The third-order valence-electron chi connectivity index (χ3n) is 2.92. The lowest BCUT2D eigenvalue weighted by Crippen LogP contribution is -2.38. The van der Waals surface area contributed by atoms with E-state index in [1.807, 2.05) is 0 Å². The maximum Gasteiger partial charge on any atom is 0.233 e. The number of hydrogen-bond acceptors (Lipinski definition) is 2. The molecule has 102 valence electrons. The van der Waals surface area contributed by atoms with Crippen LogP contribution in [0.25, 0.3) is 0 Å². The van der Waals surface area contributed by atoms with E-state index in [1.165, 1.54) is 25.7 Å². The number of hydrogen-bond donors (Lipinski definition) is 2. The Hall–Kier alpha value is -0.570. The average Bonchev–Trinajstić information content (AvgIpc) is 2.26. The third kappa shape index (κ3) is 10.3. The van der Waals surface area contributed by atoms with Gasteiger partial charge in [0, 0.05) is 13.1 Å². The molecule has 0 saturated carbocycles. The Bertz CT molecular complexity index is 202. The zero-order chi connectivity index (χ0) is 13.1. The monoisotopic (exact) mass is 242 g/mol. The average molecular weight is 242 g/mol. The standard InChI is InChI=1S/C14H30N2O/c1-5-7-8-9-14(3,4)12-15-11-13(17)16-10-6-2/h15H,5-12H2,1-4H3,(H,16,17). The summed E-state index contributed by atoms with van der Waals surface area (Å²) in [7, 11) is 0. The zero-order valence-electron chi connectivity index (χ0n) is 12.1. The normalized spacial score (nSPS) is 11.5. The van der Waals surface area contributed by atoms with Crippen LogP contribution in [0.2, 0.25) is 0 Å². The second-order valence-corrected chi connectivity index (χ2v) is 5.57. The number of unbranched alkanes of at least 4 members (excludes halogenated alkanes) is 2. The molecule has 3 heteroatoms. The van der Waals surface area contributed by atoms with E-state index in [0.717, 1.165) is 19.5 Å². The van der Waals surface area contributed by atoms with E-state index in [1.54, 1.807) is 0 Å². The summed E-state index contributed by atoms with van der Waals surface area (Å²) < 4.78 is 0. The van der Waals surface area contributed by atoms with Gasteiger partial charge in [-0.1, -0.05) is 47.0 Å². The Kier molecular flexibility index (Phi) is 9.14. The first-order chi connectivity index (χ1) is 8.02. The van der Waals surface area contributed by atoms with Crippen LogP contribution >= 0.6 is 0 Å². The SMILES string of the molecule is CCCCCC(C)(C)CNCC(=O)NCCC. The molecule has 0 rings (SSSR count). The molecule has 0 unspecified atom stereocenters. The molecule has 0 bridgehead atoms. The van der Waals surface area contributed by atoms with Gasteiger partial charge in [-0.05, 0) is 18.3 Å². The van der Waals surface area contributed by atoms with Crippen molar-refractivity contribution in [3.8, 4) is 0 Å². The first-order valence-electron chi connectivity index (χ1n) is 6.99. The van der Waals surface area contributed by atoms with E-state index in [2.05, 4.69) is 38.3 Å². The van der Waals surface area contributed by atoms with Crippen LogP contribution in [0.15, 0.2) is 0 Å². The van der Waals surface area contributed by atoms with Crippen LogP contribution in [0.5, 0.6) is 0 Å². The molecular weight excluding hydrogens is 212 g/mol. The molecule has 0 aliphatic rings. The van der Waals surface area contributed by atoms with Crippen molar-refractivity contribution >= 4 is 5.91 Å². The van der Waals surface area contributed by atoms with Crippen LogP contribution in [0.3, 0.4) is 0 Å². The van der Waals surface area contributed by atoms with Crippen LogP contribution in [0.4, 0.5) is 0 Å². The summed E-state index contributed by atoms with van der Waals surface area (Å²) in [6.45, 7) is 10.9. The molecule has 0 aliphatic heterocycles. The van der Waals surface area contributed by atoms with Crippen molar-refractivity contribution in [1.82, 2.24) is 10.6 Å². The van der Waals surface area contributed by atoms with E-state index in [0.29, 0.717) is 12.0 Å². The van der Waals surface area contributed by atoms with Gasteiger partial charge in [-0.15, -0.1) is 0 Å². The Balaban J connectivity index is 3.60. The van der Waals surface area contributed by atoms with Gasteiger partial charge in [0.15, 0.2) is 0 Å². The Morgan fingerprint density at radius 1 is 1.12 bits per heavy atom. The van der Waals surface area contributed by atoms with Crippen molar-refractivity contribution in [3.05, 3.63) is 0 Å². The second-order valence-electron chi connectivity index (χ2n) is 5.57. The van der Waals surface area contributed by atoms with Gasteiger partial charge in [0.25, 0.3) is 0 Å². The molecule has 0 radical (unpaired) electrons. The van der Waals surface area contributed by atoms with Gasteiger partial charge in [0.05, 0.1) is 6.54 Å². The van der Waals surface area contributed by atoms with Gasteiger partial charge in [-0.25, -0.2) is 0 Å². The maximum atomic E-state index is 11.4. The highest BCUT2D eigenvalue weighted by atomic mass is 16.1. The van der Waals surface area contributed by atoms with Gasteiger partial charge in [-0.3, -0.25) is 4.79 Å². The molecule has 17 heavy (non-hydrogen) atoms. The first kappa shape index (κ1) is 16.4. The number of nitrogens with one attached hydrogen (secondary N) is 2. The van der Waals surface area contributed by atoms with Crippen LogP contribution in [0, 0.1) is 5.41 Å². The summed E-state index contributed by atoms with van der Waals surface area (Å²) in [6, 6.07) is 0. The number of rotatable bonds is 10. The fourth-order valence-electron chi connectivity index (χ4n) is 1.78. The highest BCUT2D eigenvalue weighted by Gasteiger charge is 2.16. The minimum Gasteiger partial charge on any atom is -0.355 e. The zero-order valence-corrected chi connectivity index (χ0v) is 12.1. The van der Waals surface area contributed by atoms with Gasteiger partial charge < -0.3 is 10.6 Å². The summed E-state index contributed by atoms with van der Waals surface area (Å²) in [6.07, 6.45) is 6.08. The summed E-state index contributed by atoms with van der Waals surface area (Å²) in [5.41, 5.74) is 0.292. The number of carbonyl (C=O) groups excluding carboxylic acids is 1.